The number of carbonyl (C=O) groups is 2. The largest absolute Gasteiger partial charge is 0.368 e. The van der Waals surface area contributed by atoms with Crippen LogP contribution in [0.15, 0.2) is 36.4 Å². The van der Waals surface area contributed by atoms with Crippen molar-refractivity contribution in [2.45, 2.75) is 20.3 Å². The molecule has 0 bridgehead atoms. The summed E-state index contributed by atoms with van der Waals surface area (Å²) in [4.78, 5) is 29.2. The molecule has 0 aliphatic carbocycles. The minimum atomic E-state index is -3.76. The third-order valence-electron chi connectivity index (χ3n) is 5.97. The summed E-state index contributed by atoms with van der Waals surface area (Å²) in [5, 5.41) is 0.120. The van der Waals surface area contributed by atoms with Gasteiger partial charge in [-0.25, -0.2) is 12.7 Å². The number of aryl methyl sites for hydroxylation is 1. The summed E-state index contributed by atoms with van der Waals surface area (Å²) < 4.78 is 25.3. The molecule has 0 aromatic heterocycles. The minimum absolute atomic E-state index is 0.0454. The molecule has 7 nitrogen and oxygen atoms in total. The monoisotopic (exact) mass is 461 g/mol. The number of halogens is 1. The van der Waals surface area contributed by atoms with Crippen LogP contribution in [0, 0.1) is 13.8 Å². The maximum atomic E-state index is 13.1. The SMILES string of the molecule is Cc1cccc(N2CCN(C(=O)c3ccc(Cl)c(N4C(=O)CCS4(=O)=O)c3)CC2)c1C. The molecule has 2 aromatic carbocycles. The van der Waals surface area contributed by atoms with Gasteiger partial charge in [-0.15, -0.1) is 0 Å². The van der Waals surface area contributed by atoms with Crippen molar-refractivity contribution in [2.75, 3.05) is 41.1 Å². The molecule has 4 rings (SSSR count). The summed E-state index contributed by atoms with van der Waals surface area (Å²) >= 11 is 6.18. The topological polar surface area (TPSA) is 78.0 Å². The summed E-state index contributed by atoms with van der Waals surface area (Å²) in [6.45, 7) is 6.69. The molecule has 164 valence electrons. The highest BCUT2D eigenvalue weighted by Gasteiger charge is 2.38. The van der Waals surface area contributed by atoms with Gasteiger partial charge >= 0.3 is 0 Å². The number of benzene rings is 2. The van der Waals surface area contributed by atoms with Crippen LogP contribution in [0.5, 0.6) is 0 Å². The standard InChI is InChI=1S/C22H24ClN3O4S/c1-15-4-3-5-19(16(15)2)24-9-11-25(12-10-24)22(28)17-6-7-18(23)20(14-17)26-21(27)8-13-31(26,29)30/h3-7,14H,8-13H2,1-2H3. The first-order valence-corrected chi connectivity index (χ1v) is 12.1. The molecule has 2 aliphatic rings. The molecule has 2 aliphatic heterocycles. The molecule has 2 aromatic rings. The third-order valence-corrected chi connectivity index (χ3v) is 7.97. The van der Waals surface area contributed by atoms with Gasteiger partial charge in [0.25, 0.3) is 5.91 Å². The Labute approximate surface area is 187 Å². The van der Waals surface area contributed by atoms with Crippen LogP contribution < -0.4 is 9.21 Å². The smallest absolute Gasteiger partial charge is 0.254 e. The van der Waals surface area contributed by atoms with E-state index in [-0.39, 0.29) is 28.8 Å². The van der Waals surface area contributed by atoms with Gasteiger partial charge in [-0.2, -0.15) is 0 Å². The number of hydrogen-bond acceptors (Lipinski definition) is 5. The fourth-order valence-electron chi connectivity index (χ4n) is 4.06. The molecule has 0 saturated carbocycles. The van der Waals surface area contributed by atoms with E-state index in [4.69, 9.17) is 11.6 Å². The molecule has 0 unspecified atom stereocenters. The van der Waals surface area contributed by atoms with Crippen molar-refractivity contribution >= 4 is 44.8 Å². The predicted octanol–water partition coefficient (Wildman–Crippen LogP) is 2.99. The van der Waals surface area contributed by atoms with Gasteiger partial charge in [-0.05, 0) is 49.2 Å². The molecule has 2 saturated heterocycles. The van der Waals surface area contributed by atoms with E-state index >= 15 is 0 Å². The van der Waals surface area contributed by atoms with Gasteiger partial charge in [0.15, 0.2) is 0 Å². The molecule has 2 heterocycles. The first-order chi connectivity index (χ1) is 14.7. The number of hydrogen-bond donors (Lipinski definition) is 0. The molecule has 0 N–H and O–H groups in total. The van der Waals surface area contributed by atoms with Crippen LogP contribution in [0.4, 0.5) is 11.4 Å². The van der Waals surface area contributed by atoms with E-state index in [0.717, 1.165) is 4.31 Å². The molecule has 31 heavy (non-hydrogen) atoms. The molecule has 0 atom stereocenters. The fraction of sp³-hybridized carbons (Fsp3) is 0.364. The number of piperazine rings is 1. The summed E-state index contributed by atoms with van der Waals surface area (Å²) in [6, 6.07) is 10.7. The summed E-state index contributed by atoms with van der Waals surface area (Å²) in [6.07, 6.45) is -0.0861. The normalized spacial score (nSPS) is 18.5. The number of rotatable bonds is 3. The summed E-state index contributed by atoms with van der Waals surface area (Å²) in [7, 11) is -3.76. The number of sulfonamides is 1. The lowest BCUT2D eigenvalue weighted by molar-refractivity contribution is -0.116. The Hall–Kier alpha value is -2.58. The minimum Gasteiger partial charge on any atom is -0.368 e. The van der Waals surface area contributed by atoms with Crippen molar-refractivity contribution in [2.24, 2.45) is 0 Å². The van der Waals surface area contributed by atoms with E-state index in [2.05, 4.69) is 30.9 Å². The molecule has 2 amide bonds. The van der Waals surface area contributed by atoms with Crippen molar-refractivity contribution < 1.29 is 18.0 Å². The summed E-state index contributed by atoms with van der Waals surface area (Å²) in [5.74, 6) is -0.989. The second-order valence-corrected chi connectivity index (χ2v) is 10.2. The van der Waals surface area contributed by atoms with Crippen LogP contribution in [0.25, 0.3) is 0 Å². The van der Waals surface area contributed by atoms with Gasteiger partial charge in [-0.1, -0.05) is 23.7 Å². The van der Waals surface area contributed by atoms with E-state index in [1.165, 1.54) is 28.9 Å². The van der Waals surface area contributed by atoms with E-state index in [9.17, 15) is 18.0 Å². The summed E-state index contributed by atoms with van der Waals surface area (Å²) in [5.41, 5.74) is 4.01. The van der Waals surface area contributed by atoms with Crippen LogP contribution in [0.2, 0.25) is 5.02 Å². The van der Waals surface area contributed by atoms with Gasteiger partial charge < -0.3 is 9.80 Å². The lowest BCUT2D eigenvalue weighted by Crippen LogP contribution is -2.49. The Balaban J connectivity index is 1.52. The fourth-order valence-corrected chi connectivity index (χ4v) is 5.78. The van der Waals surface area contributed by atoms with Gasteiger partial charge in [0.1, 0.15) is 0 Å². The van der Waals surface area contributed by atoms with E-state index in [0.29, 0.717) is 31.7 Å². The van der Waals surface area contributed by atoms with Crippen LogP contribution in [-0.4, -0.2) is 57.1 Å². The Morgan fingerprint density at radius 2 is 1.71 bits per heavy atom. The Bertz CT molecular complexity index is 1160. The van der Waals surface area contributed by atoms with E-state index in [1.54, 1.807) is 11.0 Å². The van der Waals surface area contributed by atoms with E-state index < -0.39 is 15.9 Å². The van der Waals surface area contributed by atoms with Gasteiger partial charge in [0, 0.05) is 43.9 Å². The molecule has 2 fully saturated rings. The highest BCUT2D eigenvalue weighted by molar-refractivity contribution is 7.94. The number of nitrogens with zero attached hydrogens (tertiary/aromatic N) is 3. The third kappa shape index (κ3) is 4.02. The lowest BCUT2D eigenvalue weighted by atomic mass is 10.1. The zero-order chi connectivity index (χ0) is 22.3. The maximum absolute atomic E-state index is 13.1. The van der Waals surface area contributed by atoms with E-state index in [1.807, 2.05) is 6.07 Å². The average Bonchev–Trinajstić information content (AvgIpc) is 3.02. The van der Waals surface area contributed by atoms with Crippen molar-refractivity contribution in [3.63, 3.8) is 0 Å². The first kappa shape index (κ1) is 21.6. The zero-order valence-corrected chi connectivity index (χ0v) is 19.0. The maximum Gasteiger partial charge on any atom is 0.254 e. The molecule has 0 radical (unpaired) electrons. The lowest BCUT2D eigenvalue weighted by Gasteiger charge is -2.37. The highest BCUT2D eigenvalue weighted by atomic mass is 35.5. The van der Waals surface area contributed by atoms with Gasteiger partial charge in [0.05, 0.1) is 16.5 Å². The number of anilines is 2. The van der Waals surface area contributed by atoms with Crippen LogP contribution in [-0.2, 0) is 14.8 Å². The van der Waals surface area contributed by atoms with Gasteiger partial charge in [0.2, 0.25) is 15.9 Å². The van der Waals surface area contributed by atoms with Crippen LogP contribution >= 0.6 is 11.6 Å². The second-order valence-electron chi connectivity index (χ2n) is 7.89. The Morgan fingerprint density at radius 1 is 1.00 bits per heavy atom. The first-order valence-electron chi connectivity index (χ1n) is 10.1. The van der Waals surface area contributed by atoms with Crippen molar-refractivity contribution in [1.82, 2.24) is 4.90 Å². The molecule has 9 heteroatoms. The molecular weight excluding hydrogens is 438 g/mol. The van der Waals surface area contributed by atoms with Crippen molar-refractivity contribution in [1.29, 1.82) is 0 Å². The average molecular weight is 462 g/mol. The van der Waals surface area contributed by atoms with Crippen molar-refractivity contribution in [3.8, 4) is 0 Å². The molecule has 0 spiro atoms. The van der Waals surface area contributed by atoms with Crippen LogP contribution in [0.3, 0.4) is 0 Å². The quantitative estimate of drug-likeness (QED) is 0.702. The highest BCUT2D eigenvalue weighted by Crippen LogP contribution is 2.33. The predicted molar refractivity (Wildman–Crippen MR) is 121 cm³/mol. The number of carbonyl (C=O) groups excluding carboxylic acids is 2. The van der Waals surface area contributed by atoms with Gasteiger partial charge in [-0.3, -0.25) is 9.59 Å². The van der Waals surface area contributed by atoms with Crippen molar-refractivity contribution in [3.05, 3.63) is 58.1 Å². The second kappa shape index (κ2) is 8.16. The number of amides is 2. The Kier molecular flexibility index (Phi) is 5.70. The molecular formula is C22H24ClN3O4S. The Morgan fingerprint density at radius 3 is 2.35 bits per heavy atom. The van der Waals surface area contributed by atoms with Crippen LogP contribution in [0.1, 0.15) is 27.9 Å². The zero-order valence-electron chi connectivity index (χ0n) is 17.5.